The van der Waals surface area contributed by atoms with Crippen LogP contribution in [0.5, 0.6) is 0 Å². The van der Waals surface area contributed by atoms with Gasteiger partial charge in [-0.15, -0.1) is 0 Å². The average molecular weight is 162 g/mol. The number of rotatable bonds is 5. The lowest BCUT2D eigenvalue weighted by molar-refractivity contribution is 0.0538. The minimum atomic E-state index is 0. The van der Waals surface area contributed by atoms with Gasteiger partial charge < -0.3 is 4.74 Å². The van der Waals surface area contributed by atoms with Gasteiger partial charge in [0.05, 0.1) is 6.10 Å². The monoisotopic (exact) mass is 162 g/mol. The standard InChI is InChI=1S/C8H18O.2CH4/c1-4-7-8(5-2)9-6-3;;/h8H,4-7H2,1-3H3;2*1H4. The first-order valence-electron chi connectivity index (χ1n) is 3.96. The zero-order valence-corrected chi connectivity index (χ0v) is 6.81. The third-order valence-electron chi connectivity index (χ3n) is 1.47. The molecule has 72 valence electrons. The lowest BCUT2D eigenvalue weighted by atomic mass is 10.2. The summed E-state index contributed by atoms with van der Waals surface area (Å²) in [5.74, 6) is 0. The molecular formula is C10H26O. The zero-order valence-electron chi connectivity index (χ0n) is 6.81. The summed E-state index contributed by atoms with van der Waals surface area (Å²) in [6.45, 7) is 7.29. The Hall–Kier alpha value is -0.0400. The molecular weight excluding hydrogens is 136 g/mol. The molecule has 0 spiro atoms. The van der Waals surface area contributed by atoms with Crippen molar-refractivity contribution in [3.8, 4) is 0 Å². The van der Waals surface area contributed by atoms with Crippen molar-refractivity contribution >= 4 is 0 Å². The third-order valence-corrected chi connectivity index (χ3v) is 1.47. The molecule has 11 heavy (non-hydrogen) atoms. The van der Waals surface area contributed by atoms with Crippen molar-refractivity contribution in [2.45, 2.75) is 61.0 Å². The zero-order chi connectivity index (χ0) is 7.11. The SMILES string of the molecule is C.C.CCCC(CC)OCC. The molecule has 0 aliphatic heterocycles. The van der Waals surface area contributed by atoms with E-state index in [9.17, 15) is 0 Å². The molecule has 0 N–H and O–H groups in total. The van der Waals surface area contributed by atoms with Gasteiger partial charge in [0, 0.05) is 6.61 Å². The molecule has 0 radical (unpaired) electrons. The summed E-state index contributed by atoms with van der Waals surface area (Å²) in [5, 5.41) is 0. The number of hydrogen-bond acceptors (Lipinski definition) is 1. The molecule has 1 atom stereocenters. The van der Waals surface area contributed by atoms with Gasteiger partial charge in [0.2, 0.25) is 0 Å². The lowest BCUT2D eigenvalue weighted by Crippen LogP contribution is -2.10. The highest BCUT2D eigenvalue weighted by atomic mass is 16.5. The minimum Gasteiger partial charge on any atom is -0.379 e. The molecule has 0 aromatic carbocycles. The van der Waals surface area contributed by atoms with Gasteiger partial charge in [0.15, 0.2) is 0 Å². The van der Waals surface area contributed by atoms with Gasteiger partial charge in [0.25, 0.3) is 0 Å². The first-order chi connectivity index (χ1) is 4.35. The highest BCUT2D eigenvalue weighted by Gasteiger charge is 2.01. The smallest absolute Gasteiger partial charge is 0.0572 e. The summed E-state index contributed by atoms with van der Waals surface area (Å²) < 4.78 is 5.43. The molecule has 0 aliphatic carbocycles. The summed E-state index contributed by atoms with van der Waals surface area (Å²) in [6.07, 6.45) is 4.12. The van der Waals surface area contributed by atoms with Crippen molar-refractivity contribution in [1.29, 1.82) is 0 Å². The van der Waals surface area contributed by atoms with Crippen molar-refractivity contribution in [2.75, 3.05) is 6.61 Å². The second-order valence-electron chi connectivity index (χ2n) is 2.27. The van der Waals surface area contributed by atoms with Crippen LogP contribution in [0.4, 0.5) is 0 Å². The maximum Gasteiger partial charge on any atom is 0.0572 e. The summed E-state index contributed by atoms with van der Waals surface area (Å²) in [7, 11) is 0. The van der Waals surface area contributed by atoms with E-state index in [1.165, 1.54) is 12.8 Å². The van der Waals surface area contributed by atoms with Gasteiger partial charge in [-0.25, -0.2) is 0 Å². The number of ether oxygens (including phenoxy) is 1. The number of hydrogen-bond donors (Lipinski definition) is 0. The summed E-state index contributed by atoms with van der Waals surface area (Å²) >= 11 is 0. The van der Waals surface area contributed by atoms with E-state index in [0.29, 0.717) is 6.10 Å². The van der Waals surface area contributed by atoms with Crippen LogP contribution in [0.2, 0.25) is 0 Å². The van der Waals surface area contributed by atoms with Crippen molar-refractivity contribution in [3.05, 3.63) is 0 Å². The summed E-state index contributed by atoms with van der Waals surface area (Å²) in [6, 6.07) is 0. The molecule has 1 heteroatoms. The van der Waals surface area contributed by atoms with Crippen molar-refractivity contribution in [3.63, 3.8) is 0 Å². The Kier molecular flexibility index (Phi) is 19.7. The average Bonchev–Trinajstić information content (AvgIpc) is 1.88. The van der Waals surface area contributed by atoms with E-state index in [-0.39, 0.29) is 14.9 Å². The van der Waals surface area contributed by atoms with Gasteiger partial charge in [-0.05, 0) is 19.8 Å². The van der Waals surface area contributed by atoms with Gasteiger partial charge >= 0.3 is 0 Å². The van der Waals surface area contributed by atoms with Crippen LogP contribution in [0.15, 0.2) is 0 Å². The van der Waals surface area contributed by atoms with E-state index in [4.69, 9.17) is 4.74 Å². The fourth-order valence-electron chi connectivity index (χ4n) is 0.963. The molecule has 1 unspecified atom stereocenters. The maximum atomic E-state index is 5.43. The first kappa shape index (κ1) is 17.2. The second kappa shape index (κ2) is 12.6. The lowest BCUT2D eigenvalue weighted by Gasteiger charge is -2.12. The predicted octanol–water partition coefficient (Wildman–Crippen LogP) is 3.87. The fraction of sp³-hybridized carbons (Fsp3) is 1.00. The summed E-state index contributed by atoms with van der Waals surface area (Å²) in [4.78, 5) is 0. The highest BCUT2D eigenvalue weighted by Crippen LogP contribution is 2.04. The third kappa shape index (κ3) is 9.96. The maximum absolute atomic E-state index is 5.43. The predicted molar refractivity (Wildman–Crippen MR) is 54.1 cm³/mol. The van der Waals surface area contributed by atoms with E-state index in [0.717, 1.165) is 13.0 Å². The minimum absolute atomic E-state index is 0. The van der Waals surface area contributed by atoms with E-state index in [1.807, 2.05) is 0 Å². The summed E-state index contributed by atoms with van der Waals surface area (Å²) in [5.41, 5.74) is 0. The van der Waals surface area contributed by atoms with Crippen LogP contribution < -0.4 is 0 Å². The van der Waals surface area contributed by atoms with E-state index < -0.39 is 0 Å². The molecule has 0 saturated heterocycles. The quantitative estimate of drug-likeness (QED) is 0.596. The van der Waals surface area contributed by atoms with Crippen LogP contribution in [-0.2, 0) is 4.74 Å². The highest BCUT2D eigenvalue weighted by molar-refractivity contribution is 4.52. The Morgan fingerprint density at radius 1 is 1.09 bits per heavy atom. The Labute approximate surface area is 73.1 Å². The van der Waals surface area contributed by atoms with Crippen molar-refractivity contribution in [1.82, 2.24) is 0 Å². The molecule has 1 nitrogen and oxygen atoms in total. The molecule has 0 heterocycles. The Bertz CT molecular complexity index is 46.8. The Morgan fingerprint density at radius 2 is 1.64 bits per heavy atom. The molecule has 0 fully saturated rings. The molecule has 0 amide bonds. The van der Waals surface area contributed by atoms with Gasteiger partial charge in [-0.2, -0.15) is 0 Å². The van der Waals surface area contributed by atoms with E-state index in [1.54, 1.807) is 0 Å². The molecule has 0 saturated carbocycles. The Morgan fingerprint density at radius 3 is 1.91 bits per heavy atom. The van der Waals surface area contributed by atoms with Gasteiger partial charge in [-0.1, -0.05) is 35.1 Å². The topological polar surface area (TPSA) is 9.23 Å². The van der Waals surface area contributed by atoms with E-state index in [2.05, 4.69) is 20.8 Å². The normalized spacial score (nSPS) is 11.2. The first-order valence-corrected chi connectivity index (χ1v) is 3.96. The van der Waals surface area contributed by atoms with Crippen LogP contribution in [-0.4, -0.2) is 12.7 Å². The molecule has 0 aromatic rings. The van der Waals surface area contributed by atoms with Crippen LogP contribution in [0.1, 0.15) is 54.9 Å². The molecule has 0 bridgehead atoms. The largest absolute Gasteiger partial charge is 0.379 e. The second-order valence-corrected chi connectivity index (χ2v) is 2.27. The van der Waals surface area contributed by atoms with Crippen molar-refractivity contribution < 1.29 is 4.74 Å². The van der Waals surface area contributed by atoms with Gasteiger partial charge in [0.1, 0.15) is 0 Å². The fourth-order valence-corrected chi connectivity index (χ4v) is 0.963. The van der Waals surface area contributed by atoms with Gasteiger partial charge in [-0.3, -0.25) is 0 Å². The van der Waals surface area contributed by atoms with Crippen LogP contribution in [0.3, 0.4) is 0 Å². The molecule has 0 aromatic heterocycles. The molecule has 0 aliphatic rings. The van der Waals surface area contributed by atoms with Crippen LogP contribution in [0, 0.1) is 0 Å². The van der Waals surface area contributed by atoms with Crippen LogP contribution >= 0.6 is 0 Å². The molecule has 0 rings (SSSR count). The Balaban J connectivity index is -0.000000320. The van der Waals surface area contributed by atoms with Crippen molar-refractivity contribution in [2.24, 2.45) is 0 Å². The van der Waals surface area contributed by atoms with E-state index >= 15 is 0 Å². The van der Waals surface area contributed by atoms with Crippen LogP contribution in [0.25, 0.3) is 0 Å².